The molecular formula is C32H37NO8. The molecule has 1 aliphatic rings. The van der Waals surface area contributed by atoms with Crippen molar-refractivity contribution in [3.05, 3.63) is 76.9 Å². The minimum Gasteiger partial charge on any atom is -0.493 e. The summed E-state index contributed by atoms with van der Waals surface area (Å²) in [6, 6.07) is 15.5. The topological polar surface area (TPSA) is 92.8 Å². The van der Waals surface area contributed by atoms with Gasteiger partial charge < -0.3 is 33.3 Å². The predicted molar refractivity (Wildman–Crippen MR) is 154 cm³/mol. The lowest BCUT2D eigenvalue weighted by Gasteiger charge is -2.37. The Hall–Kier alpha value is -4.40. The Morgan fingerprint density at radius 3 is 2.07 bits per heavy atom. The van der Waals surface area contributed by atoms with E-state index < -0.39 is 6.04 Å². The van der Waals surface area contributed by atoms with Crippen molar-refractivity contribution in [3.63, 3.8) is 0 Å². The van der Waals surface area contributed by atoms with Gasteiger partial charge in [-0.1, -0.05) is 0 Å². The van der Waals surface area contributed by atoms with Gasteiger partial charge in [0.2, 0.25) is 0 Å². The van der Waals surface area contributed by atoms with Gasteiger partial charge in [-0.25, -0.2) is 4.79 Å². The Morgan fingerprint density at radius 2 is 1.41 bits per heavy atom. The van der Waals surface area contributed by atoms with E-state index in [1.165, 1.54) is 0 Å². The molecule has 0 spiro atoms. The highest BCUT2D eigenvalue weighted by atomic mass is 16.5. The summed E-state index contributed by atoms with van der Waals surface area (Å²) in [7, 11) is 3.19. The molecule has 3 aromatic rings. The Balaban J connectivity index is 1.66. The number of benzene rings is 3. The summed E-state index contributed by atoms with van der Waals surface area (Å²) in [5.74, 6) is 2.35. The Morgan fingerprint density at radius 1 is 0.756 bits per heavy atom. The fourth-order valence-electron chi connectivity index (χ4n) is 4.88. The minimum absolute atomic E-state index is 0.152. The first-order valence-corrected chi connectivity index (χ1v) is 13.8. The van der Waals surface area contributed by atoms with Crippen molar-refractivity contribution < 1.29 is 38.0 Å². The Kier molecular flexibility index (Phi) is 9.95. The van der Waals surface area contributed by atoms with E-state index in [-0.39, 0.29) is 18.5 Å². The highest BCUT2D eigenvalue weighted by Gasteiger charge is 2.34. The fraction of sp³-hybridized carbons (Fsp3) is 0.375. The minimum atomic E-state index is -0.419. The summed E-state index contributed by atoms with van der Waals surface area (Å²) >= 11 is 0. The van der Waals surface area contributed by atoms with Gasteiger partial charge in [0.05, 0.1) is 45.6 Å². The molecule has 1 amide bonds. The maximum Gasteiger partial charge on any atom is 0.338 e. The van der Waals surface area contributed by atoms with Crippen molar-refractivity contribution in [3.8, 4) is 28.7 Å². The van der Waals surface area contributed by atoms with E-state index in [0.717, 1.165) is 11.1 Å². The summed E-state index contributed by atoms with van der Waals surface area (Å²) in [5, 5.41) is 0. The van der Waals surface area contributed by atoms with Crippen molar-refractivity contribution in [2.75, 3.05) is 47.2 Å². The molecule has 0 aromatic heterocycles. The maximum absolute atomic E-state index is 14.0. The fourth-order valence-corrected chi connectivity index (χ4v) is 4.88. The van der Waals surface area contributed by atoms with Gasteiger partial charge in [-0.05, 0) is 92.9 Å². The van der Waals surface area contributed by atoms with E-state index in [9.17, 15) is 9.59 Å². The third-order valence-corrected chi connectivity index (χ3v) is 6.83. The zero-order valence-corrected chi connectivity index (χ0v) is 24.2. The van der Waals surface area contributed by atoms with Gasteiger partial charge >= 0.3 is 5.97 Å². The molecule has 3 aromatic carbocycles. The molecule has 0 unspecified atom stereocenters. The van der Waals surface area contributed by atoms with E-state index >= 15 is 0 Å². The first kappa shape index (κ1) is 29.6. The molecule has 1 atom stereocenters. The first-order valence-electron chi connectivity index (χ1n) is 13.8. The number of hydrogen-bond donors (Lipinski definition) is 0. The zero-order valence-electron chi connectivity index (χ0n) is 24.2. The van der Waals surface area contributed by atoms with E-state index in [4.69, 9.17) is 28.4 Å². The summed E-state index contributed by atoms with van der Waals surface area (Å²) in [4.78, 5) is 27.8. The number of hydrogen-bond acceptors (Lipinski definition) is 8. The molecule has 0 saturated carbocycles. The lowest BCUT2D eigenvalue weighted by atomic mass is 9.91. The second-order valence-electron chi connectivity index (χ2n) is 9.25. The molecule has 0 radical (unpaired) electrons. The van der Waals surface area contributed by atoms with Crippen LogP contribution in [0.1, 0.15) is 58.7 Å². The van der Waals surface area contributed by atoms with E-state index in [2.05, 4.69) is 0 Å². The number of carbonyl (C=O) groups is 2. The summed E-state index contributed by atoms with van der Waals surface area (Å²) < 4.78 is 33.8. The third-order valence-electron chi connectivity index (χ3n) is 6.83. The van der Waals surface area contributed by atoms with Crippen LogP contribution in [0.25, 0.3) is 0 Å². The monoisotopic (exact) mass is 563 g/mol. The van der Waals surface area contributed by atoms with Crippen LogP contribution in [0.5, 0.6) is 28.7 Å². The standard InChI is InChI=1S/C32H37NO8/c1-6-38-27-14-11-23(18-30(27)39-7-2)31(34)33-16-15-22-17-28(36-4)29(37-5)19-25(22)26(33)20-41-24-12-9-21(10-13-24)32(35)40-8-3/h9-14,17-19,26H,6-8,15-16,20H2,1-5H3/t26-/m0/s1. The van der Waals surface area contributed by atoms with E-state index in [1.54, 1.807) is 63.6 Å². The van der Waals surface area contributed by atoms with Crippen molar-refractivity contribution in [2.24, 2.45) is 0 Å². The van der Waals surface area contributed by atoms with Crippen LogP contribution in [0.15, 0.2) is 54.6 Å². The molecule has 41 heavy (non-hydrogen) atoms. The van der Waals surface area contributed by atoms with Gasteiger partial charge in [0.1, 0.15) is 12.4 Å². The first-order chi connectivity index (χ1) is 19.9. The maximum atomic E-state index is 14.0. The van der Waals surface area contributed by atoms with Crippen LogP contribution >= 0.6 is 0 Å². The summed E-state index contributed by atoms with van der Waals surface area (Å²) in [5.41, 5.74) is 2.90. The molecule has 0 aliphatic carbocycles. The number of carbonyl (C=O) groups excluding carboxylic acids is 2. The number of amides is 1. The Labute approximate surface area is 240 Å². The number of nitrogens with zero attached hydrogens (tertiary/aromatic N) is 1. The normalized spacial score (nSPS) is 14.1. The van der Waals surface area contributed by atoms with Crippen molar-refractivity contribution >= 4 is 11.9 Å². The van der Waals surface area contributed by atoms with Crippen LogP contribution in [0.3, 0.4) is 0 Å². The molecule has 0 bridgehead atoms. The van der Waals surface area contributed by atoms with Gasteiger partial charge in [-0.2, -0.15) is 0 Å². The van der Waals surface area contributed by atoms with E-state index in [0.29, 0.717) is 72.7 Å². The smallest absolute Gasteiger partial charge is 0.338 e. The van der Waals surface area contributed by atoms with Gasteiger partial charge in [-0.15, -0.1) is 0 Å². The Bertz CT molecular complexity index is 1350. The van der Waals surface area contributed by atoms with Crippen molar-refractivity contribution in [2.45, 2.75) is 33.2 Å². The number of rotatable bonds is 12. The van der Waals surface area contributed by atoms with Crippen LogP contribution in [0, 0.1) is 0 Å². The lowest BCUT2D eigenvalue weighted by molar-refractivity contribution is 0.0524. The highest BCUT2D eigenvalue weighted by Crippen LogP contribution is 2.39. The average molecular weight is 564 g/mol. The van der Waals surface area contributed by atoms with Crippen molar-refractivity contribution in [1.29, 1.82) is 0 Å². The molecule has 1 aliphatic heterocycles. The third kappa shape index (κ3) is 6.67. The lowest BCUT2D eigenvalue weighted by Crippen LogP contribution is -2.42. The molecule has 0 saturated heterocycles. The molecule has 0 fully saturated rings. The molecule has 218 valence electrons. The van der Waals surface area contributed by atoms with Crippen LogP contribution in [0.4, 0.5) is 0 Å². The number of methoxy groups -OCH3 is 2. The van der Waals surface area contributed by atoms with Gasteiger partial charge in [0, 0.05) is 12.1 Å². The second-order valence-corrected chi connectivity index (χ2v) is 9.25. The molecule has 9 nitrogen and oxygen atoms in total. The van der Waals surface area contributed by atoms with E-state index in [1.807, 2.05) is 30.9 Å². The van der Waals surface area contributed by atoms with Crippen LogP contribution in [-0.4, -0.2) is 64.0 Å². The number of ether oxygens (including phenoxy) is 6. The number of esters is 1. The van der Waals surface area contributed by atoms with Gasteiger partial charge in [0.25, 0.3) is 5.91 Å². The number of fused-ring (bicyclic) bond motifs is 1. The van der Waals surface area contributed by atoms with Crippen LogP contribution in [-0.2, 0) is 11.2 Å². The molecular weight excluding hydrogens is 526 g/mol. The summed E-state index contributed by atoms with van der Waals surface area (Å²) in [6.07, 6.45) is 0.640. The van der Waals surface area contributed by atoms with Crippen molar-refractivity contribution in [1.82, 2.24) is 4.90 Å². The van der Waals surface area contributed by atoms with Crippen LogP contribution in [0.2, 0.25) is 0 Å². The van der Waals surface area contributed by atoms with Gasteiger partial charge in [0.15, 0.2) is 23.0 Å². The predicted octanol–water partition coefficient (Wildman–Crippen LogP) is 5.50. The molecule has 4 rings (SSSR count). The zero-order chi connectivity index (χ0) is 29.4. The molecule has 1 heterocycles. The van der Waals surface area contributed by atoms with Gasteiger partial charge in [-0.3, -0.25) is 4.79 Å². The molecule has 9 heteroatoms. The second kappa shape index (κ2) is 13.8. The quantitative estimate of drug-likeness (QED) is 0.267. The molecule has 0 N–H and O–H groups in total. The SMILES string of the molecule is CCOC(=O)c1ccc(OC[C@H]2c3cc(OC)c(OC)cc3CCN2C(=O)c2ccc(OCC)c(OCC)c2)cc1. The largest absolute Gasteiger partial charge is 0.493 e. The summed E-state index contributed by atoms with van der Waals surface area (Å²) in [6.45, 7) is 7.45. The average Bonchev–Trinajstić information content (AvgIpc) is 3.00. The highest BCUT2D eigenvalue weighted by molar-refractivity contribution is 5.95. The van der Waals surface area contributed by atoms with Crippen LogP contribution < -0.4 is 23.7 Å².